The first-order chi connectivity index (χ1) is 11.7. The second-order valence-electron chi connectivity index (χ2n) is 6.31. The smallest absolute Gasteiger partial charge is 0.231 e. The average Bonchev–Trinajstić information content (AvgIpc) is 3.01. The summed E-state index contributed by atoms with van der Waals surface area (Å²) in [6, 6.07) is 5.51. The number of Topliss-reactive ketones (excluding diaryl/α,β-unsaturated/α-hetero) is 1. The van der Waals surface area contributed by atoms with E-state index in [4.69, 9.17) is 0 Å². The number of H-pyrrole nitrogens is 1. The third-order valence-corrected chi connectivity index (χ3v) is 4.14. The van der Waals surface area contributed by atoms with Gasteiger partial charge in [0.2, 0.25) is 5.91 Å². The van der Waals surface area contributed by atoms with Crippen LogP contribution in [-0.2, 0) is 9.59 Å². The predicted molar refractivity (Wildman–Crippen MR) is 97.0 cm³/mol. The number of nitrogens with zero attached hydrogens (tertiary/aromatic N) is 1. The van der Waals surface area contributed by atoms with Crippen molar-refractivity contribution in [2.24, 2.45) is 0 Å². The Kier molecular flexibility index (Phi) is 7.46. The monoisotopic (exact) mass is 329 g/mol. The van der Waals surface area contributed by atoms with Crippen molar-refractivity contribution < 1.29 is 9.59 Å². The van der Waals surface area contributed by atoms with Crippen LogP contribution < -0.4 is 5.32 Å². The van der Waals surface area contributed by atoms with Gasteiger partial charge < -0.3 is 5.32 Å². The number of benzene rings is 1. The topological polar surface area (TPSA) is 74.8 Å². The first-order valence-electron chi connectivity index (χ1n) is 8.93. The van der Waals surface area contributed by atoms with E-state index in [-0.39, 0.29) is 18.1 Å². The molecule has 1 aromatic heterocycles. The van der Waals surface area contributed by atoms with Crippen LogP contribution in [0.5, 0.6) is 0 Å². The quantitative estimate of drug-likeness (QED) is 0.467. The first-order valence-corrected chi connectivity index (χ1v) is 8.93. The highest BCUT2D eigenvalue weighted by molar-refractivity contribution is 6.04. The lowest BCUT2D eigenvalue weighted by atomic mass is 10.1. The van der Waals surface area contributed by atoms with Crippen molar-refractivity contribution in [3.8, 4) is 0 Å². The Bertz CT molecular complexity index is 663. The first kappa shape index (κ1) is 18.2. The Morgan fingerprint density at radius 2 is 1.83 bits per heavy atom. The van der Waals surface area contributed by atoms with Crippen LogP contribution in [0.3, 0.4) is 0 Å². The molecule has 5 nitrogen and oxygen atoms in total. The van der Waals surface area contributed by atoms with Crippen LogP contribution in [0, 0.1) is 0 Å². The van der Waals surface area contributed by atoms with Crippen molar-refractivity contribution in [2.45, 2.75) is 64.7 Å². The number of fused-ring (bicyclic) bond motifs is 1. The van der Waals surface area contributed by atoms with Gasteiger partial charge in [0.25, 0.3) is 0 Å². The zero-order chi connectivity index (χ0) is 17.2. The molecule has 0 saturated heterocycles. The van der Waals surface area contributed by atoms with E-state index in [1.807, 2.05) is 12.1 Å². The zero-order valence-electron chi connectivity index (χ0n) is 14.4. The molecular formula is C19H27N3O2. The highest BCUT2D eigenvalue weighted by Gasteiger charge is 2.10. The van der Waals surface area contributed by atoms with E-state index in [1.165, 1.54) is 32.1 Å². The third-order valence-electron chi connectivity index (χ3n) is 4.14. The normalized spacial score (nSPS) is 10.9. The van der Waals surface area contributed by atoms with Crippen molar-refractivity contribution in [3.63, 3.8) is 0 Å². The van der Waals surface area contributed by atoms with Gasteiger partial charge in [0.05, 0.1) is 18.1 Å². The predicted octanol–water partition coefficient (Wildman–Crippen LogP) is 4.60. The fraction of sp³-hybridized carbons (Fsp3) is 0.526. The van der Waals surface area contributed by atoms with Crippen LogP contribution in [0.4, 0.5) is 5.69 Å². The molecule has 2 rings (SSSR count). The Labute approximate surface area is 143 Å². The van der Waals surface area contributed by atoms with Gasteiger partial charge in [0.15, 0.2) is 0 Å². The van der Waals surface area contributed by atoms with Gasteiger partial charge in [-0.1, -0.05) is 45.4 Å². The Morgan fingerprint density at radius 1 is 1.08 bits per heavy atom. The Balaban J connectivity index is 1.63. The lowest BCUT2D eigenvalue weighted by Crippen LogP contribution is -2.16. The number of amides is 1. The lowest BCUT2D eigenvalue weighted by molar-refractivity contribution is -0.125. The summed E-state index contributed by atoms with van der Waals surface area (Å²) in [5.41, 5.74) is 1.61. The van der Waals surface area contributed by atoms with Crippen LogP contribution >= 0.6 is 0 Å². The van der Waals surface area contributed by atoms with Crippen LogP contribution in [0.2, 0.25) is 0 Å². The van der Waals surface area contributed by atoms with Crippen LogP contribution in [0.15, 0.2) is 24.4 Å². The molecule has 5 heteroatoms. The van der Waals surface area contributed by atoms with Crippen LogP contribution in [0.25, 0.3) is 10.9 Å². The molecule has 0 bridgehead atoms. The number of rotatable bonds is 11. The molecule has 0 aliphatic heterocycles. The third kappa shape index (κ3) is 6.14. The highest BCUT2D eigenvalue weighted by atomic mass is 16.2. The highest BCUT2D eigenvalue weighted by Crippen LogP contribution is 2.17. The number of hydrogen-bond donors (Lipinski definition) is 2. The minimum atomic E-state index is -0.245. The molecule has 0 radical (unpaired) electrons. The summed E-state index contributed by atoms with van der Waals surface area (Å²) >= 11 is 0. The van der Waals surface area contributed by atoms with Gasteiger partial charge in [-0.05, 0) is 24.6 Å². The van der Waals surface area contributed by atoms with Crippen LogP contribution in [0.1, 0.15) is 64.7 Å². The number of carbonyl (C=O) groups excluding carboxylic acids is 2. The number of ketones is 1. The summed E-state index contributed by atoms with van der Waals surface area (Å²) in [5.74, 6) is -0.226. The number of aromatic amines is 1. The molecule has 0 spiro atoms. The fourth-order valence-corrected chi connectivity index (χ4v) is 2.77. The summed E-state index contributed by atoms with van der Waals surface area (Å²) in [5, 5.41) is 10.5. The Hall–Kier alpha value is -2.17. The second-order valence-corrected chi connectivity index (χ2v) is 6.31. The van der Waals surface area contributed by atoms with E-state index in [0.717, 1.165) is 23.7 Å². The summed E-state index contributed by atoms with van der Waals surface area (Å²) < 4.78 is 0. The molecule has 2 N–H and O–H groups in total. The fourth-order valence-electron chi connectivity index (χ4n) is 2.77. The van der Waals surface area contributed by atoms with Crippen molar-refractivity contribution in [3.05, 3.63) is 24.4 Å². The minimum Gasteiger partial charge on any atom is -0.326 e. The standard InChI is InChI=1S/C19H27N3O2/c1-2-3-4-5-6-7-8-9-17(23)13-19(24)21-16-10-11-18-15(12-16)14-20-22-18/h10-12,14H,2-9,13H2,1H3,(H,20,22)(H,21,24). The average molecular weight is 329 g/mol. The zero-order valence-corrected chi connectivity index (χ0v) is 14.4. The second kappa shape index (κ2) is 9.85. The molecule has 0 fully saturated rings. The Morgan fingerprint density at radius 3 is 2.62 bits per heavy atom. The molecule has 0 saturated carbocycles. The SMILES string of the molecule is CCCCCCCCCC(=O)CC(=O)Nc1ccc2[nH]ncc2c1. The molecule has 0 aliphatic carbocycles. The van der Waals surface area contributed by atoms with Crippen molar-refractivity contribution in [1.29, 1.82) is 0 Å². The van der Waals surface area contributed by atoms with Gasteiger partial charge in [-0.15, -0.1) is 0 Å². The van der Waals surface area contributed by atoms with Crippen molar-refractivity contribution in [1.82, 2.24) is 10.2 Å². The molecule has 1 aromatic carbocycles. The van der Waals surface area contributed by atoms with Gasteiger partial charge in [0, 0.05) is 17.5 Å². The molecule has 0 atom stereocenters. The molecule has 0 unspecified atom stereocenters. The summed E-state index contributed by atoms with van der Waals surface area (Å²) in [7, 11) is 0. The van der Waals surface area contributed by atoms with E-state index in [9.17, 15) is 9.59 Å². The van der Waals surface area contributed by atoms with E-state index in [2.05, 4.69) is 22.4 Å². The van der Waals surface area contributed by atoms with E-state index < -0.39 is 0 Å². The largest absolute Gasteiger partial charge is 0.326 e. The molecule has 2 aromatic rings. The van der Waals surface area contributed by atoms with Gasteiger partial charge in [-0.25, -0.2) is 0 Å². The maximum Gasteiger partial charge on any atom is 0.231 e. The minimum absolute atomic E-state index is 0.0189. The van der Waals surface area contributed by atoms with Gasteiger partial charge in [-0.2, -0.15) is 5.10 Å². The summed E-state index contributed by atoms with van der Waals surface area (Å²) in [6.45, 7) is 2.21. The molecule has 130 valence electrons. The van der Waals surface area contributed by atoms with E-state index in [1.54, 1.807) is 12.3 Å². The van der Waals surface area contributed by atoms with Crippen molar-refractivity contribution >= 4 is 28.3 Å². The lowest BCUT2D eigenvalue weighted by Gasteiger charge is -2.05. The summed E-state index contributed by atoms with van der Waals surface area (Å²) in [6.07, 6.45) is 10.4. The molecule has 0 aliphatic rings. The molecule has 1 amide bonds. The number of hydrogen-bond acceptors (Lipinski definition) is 3. The maximum absolute atomic E-state index is 11.9. The van der Waals surface area contributed by atoms with Gasteiger partial charge >= 0.3 is 0 Å². The number of anilines is 1. The number of aromatic nitrogens is 2. The molecular weight excluding hydrogens is 302 g/mol. The van der Waals surface area contributed by atoms with Gasteiger partial charge in [0.1, 0.15) is 5.78 Å². The van der Waals surface area contributed by atoms with E-state index >= 15 is 0 Å². The molecule has 24 heavy (non-hydrogen) atoms. The van der Waals surface area contributed by atoms with Gasteiger partial charge in [-0.3, -0.25) is 14.7 Å². The summed E-state index contributed by atoms with van der Waals surface area (Å²) in [4.78, 5) is 23.8. The maximum atomic E-state index is 11.9. The number of carbonyl (C=O) groups is 2. The number of nitrogens with one attached hydrogen (secondary N) is 2. The number of unbranched alkanes of at least 4 members (excludes halogenated alkanes) is 6. The van der Waals surface area contributed by atoms with E-state index in [0.29, 0.717) is 12.1 Å². The molecule has 1 heterocycles. The van der Waals surface area contributed by atoms with Crippen molar-refractivity contribution in [2.75, 3.05) is 5.32 Å². The van der Waals surface area contributed by atoms with Crippen LogP contribution in [-0.4, -0.2) is 21.9 Å².